The van der Waals surface area contributed by atoms with Crippen LogP contribution in [0.4, 0.5) is 0 Å². The van der Waals surface area contributed by atoms with E-state index in [4.69, 9.17) is 11.6 Å². The molecule has 0 saturated heterocycles. The Balaban J connectivity index is 2.08. The highest BCUT2D eigenvalue weighted by atomic mass is 35.5. The van der Waals surface area contributed by atoms with Crippen LogP contribution in [0.15, 0.2) is 30.3 Å². The van der Waals surface area contributed by atoms with Gasteiger partial charge in [0.15, 0.2) is 0 Å². The highest BCUT2D eigenvalue weighted by molar-refractivity contribution is 6.16. The topological polar surface area (TPSA) is 30.7 Å². The summed E-state index contributed by atoms with van der Waals surface area (Å²) in [6, 6.07) is 10.6. The maximum absolute atomic E-state index is 5.92. The van der Waals surface area contributed by atoms with Gasteiger partial charge >= 0.3 is 0 Å². The van der Waals surface area contributed by atoms with Gasteiger partial charge in [-0.3, -0.25) is 0 Å². The summed E-state index contributed by atoms with van der Waals surface area (Å²) in [5.41, 5.74) is 1.42. The number of halogens is 1. The highest BCUT2D eigenvalue weighted by Gasteiger charge is 2.49. The molecule has 2 aromatic rings. The van der Waals surface area contributed by atoms with Gasteiger partial charge in [-0.1, -0.05) is 30.3 Å². The summed E-state index contributed by atoms with van der Waals surface area (Å²) in [6.45, 7) is 2.99. The van der Waals surface area contributed by atoms with Crippen molar-refractivity contribution in [3.8, 4) is 0 Å². The first-order valence-corrected chi connectivity index (χ1v) is 6.89. The van der Waals surface area contributed by atoms with Crippen molar-refractivity contribution in [2.45, 2.75) is 37.6 Å². The van der Waals surface area contributed by atoms with Gasteiger partial charge in [0.25, 0.3) is 0 Å². The van der Waals surface area contributed by atoms with E-state index in [2.05, 4.69) is 46.0 Å². The molecule has 0 spiro atoms. The molecule has 1 aliphatic rings. The number of hydrogen-bond donors (Lipinski definition) is 0. The van der Waals surface area contributed by atoms with Crippen LogP contribution in [-0.2, 0) is 17.8 Å². The summed E-state index contributed by atoms with van der Waals surface area (Å²) < 4.78 is 2.16. The molecular formula is C14H16ClN3. The van der Waals surface area contributed by atoms with Gasteiger partial charge in [-0.25, -0.2) is 0 Å². The predicted molar refractivity (Wildman–Crippen MR) is 71.7 cm³/mol. The Morgan fingerprint density at radius 1 is 1.22 bits per heavy atom. The first-order chi connectivity index (χ1) is 8.81. The van der Waals surface area contributed by atoms with Crippen molar-refractivity contribution in [2.24, 2.45) is 0 Å². The van der Waals surface area contributed by atoms with Crippen LogP contribution < -0.4 is 0 Å². The quantitative estimate of drug-likeness (QED) is 0.792. The van der Waals surface area contributed by atoms with Gasteiger partial charge < -0.3 is 4.57 Å². The third-order valence-corrected chi connectivity index (χ3v) is 4.01. The summed E-state index contributed by atoms with van der Waals surface area (Å²) in [5.74, 6) is 2.37. The van der Waals surface area contributed by atoms with Crippen LogP contribution in [-0.4, -0.2) is 14.8 Å². The Labute approximate surface area is 112 Å². The smallest absolute Gasteiger partial charge is 0.147 e. The summed E-state index contributed by atoms with van der Waals surface area (Å²) >= 11 is 5.92. The fourth-order valence-corrected chi connectivity index (χ4v) is 2.84. The normalized spacial score (nSPS) is 16.8. The average Bonchev–Trinajstić information content (AvgIpc) is 3.13. The van der Waals surface area contributed by atoms with E-state index in [0.29, 0.717) is 5.88 Å². The molecule has 94 valence electrons. The second-order valence-corrected chi connectivity index (χ2v) is 5.03. The Morgan fingerprint density at radius 3 is 2.50 bits per heavy atom. The highest BCUT2D eigenvalue weighted by Crippen LogP contribution is 2.52. The van der Waals surface area contributed by atoms with Gasteiger partial charge in [0, 0.05) is 6.54 Å². The summed E-state index contributed by atoms with van der Waals surface area (Å²) in [7, 11) is 0. The van der Waals surface area contributed by atoms with Gasteiger partial charge in [0.2, 0.25) is 0 Å². The van der Waals surface area contributed by atoms with Crippen LogP contribution >= 0.6 is 11.6 Å². The minimum Gasteiger partial charge on any atom is -0.313 e. The Bertz CT molecular complexity index is 543. The van der Waals surface area contributed by atoms with E-state index in [1.807, 2.05) is 6.07 Å². The lowest BCUT2D eigenvalue weighted by atomic mass is 9.95. The maximum Gasteiger partial charge on any atom is 0.147 e. The maximum atomic E-state index is 5.92. The van der Waals surface area contributed by atoms with Gasteiger partial charge in [-0.05, 0) is 25.3 Å². The van der Waals surface area contributed by atoms with E-state index in [-0.39, 0.29) is 5.41 Å². The molecule has 18 heavy (non-hydrogen) atoms. The SMILES string of the molecule is CCn1c(CCl)nnc1C1(c2ccccc2)CC1. The number of rotatable bonds is 4. The fraction of sp³-hybridized carbons (Fsp3) is 0.429. The number of alkyl halides is 1. The molecule has 1 fully saturated rings. The number of aromatic nitrogens is 3. The molecule has 0 amide bonds. The van der Waals surface area contributed by atoms with E-state index >= 15 is 0 Å². The van der Waals surface area contributed by atoms with E-state index in [9.17, 15) is 0 Å². The van der Waals surface area contributed by atoms with Crippen molar-refractivity contribution in [1.29, 1.82) is 0 Å². The summed E-state index contributed by atoms with van der Waals surface area (Å²) in [5, 5.41) is 8.62. The minimum atomic E-state index is 0.0780. The van der Waals surface area contributed by atoms with Crippen LogP contribution in [0.1, 0.15) is 37.0 Å². The van der Waals surface area contributed by atoms with Crippen LogP contribution in [0.3, 0.4) is 0 Å². The number of hydrogen-bond acceptors (Lipinski definition) is 2. The van der Waals surface area contributed by atoms with E-state index in [1.54, 1.807) is 0 Å². The molecule has 0 radical (unpaired) electrons. The zero-order valence-corrected chi connectivity index (χ0v) is 11.2. The van der Waals surface area contributed by atoms with Crippen molar-refractivity contribution < 1.29 is 0 Å². The molecular weight excluding hydrogens is 246 g/mol. The molecule has 1 aromatic carbocycles. The first kappa shape index (κ1) is 11.7. The third-order valence-electron chi connectivity index (χ3n) is 3.77. The monoisotopic (exact) mass is 261 g/mol. The summed E-state index contributed by atoms with van der Waals surface area (Å²) in [6.07, 6.45) is 2.30. The zero-order chi connectivity index (χ0) is 12.6. The molecule has 1 saturated carbocycles. The molecule has 0 atom stereocenters. The lowest BCUT2D eigenvalue weighted by molar-refractivity contribution is 0.627. The molecule has 0 N–H and O–H groups in total. The molecule has 4 heteroatoms. The van der Waals surface area contributed by atoms with E-state index < -0.39 is 0 Å². The lowest BCUT2D eigenvalue weighted by Gasteiger charge is -2.16. The van der Waals surface area contributed by atoms with Crippen LogP contribution in [0.2, 0.25) is 0 Å². The molecule has 0 unspecified atom stereocenters. The van der Waals surface area contributed by atoms with Crippen LogP contribution in [0.5, 0.6) is 0 Å². The van der Waals surface area contributed by atoms with Gasteiger partial charge in [-0.15, -0.1) is 21.8 Å². The molecule has 3 rings (SSSR count). The van der Waals surface area contributed by atoms with Crippen molar-refractivity contribution >= 4 is 11.6 Å². The fourth-order valence-electron chi connectivity index (χ4n) is 2.64. The Hall–Kier alpha value is -1.35. The minimum absolute atomic E-state index is 0.0780. The second-order valence-electron chi connectivity index (χ2n) is 4.77. The largest absolute Gasteiger partial charge is 0.313 e. The average molecular weight is 262 g/mol. The molecule has 0 aliphatic heterocycles. The molecule has 3 nitrogen and oxygen atoms in total. The number of nitrogens with zero attached hydrogens (tertiary/aromatic N) is 3. The van der Waals surface area contributed by atoms with Crippen molar-refractivity contribution in [3.63, 3.8) is 0 Å². The zero-order valence-electron chi connectivity index (χ0n) is 10.4. The lowest BCUT2D eigenvalue weighted by Crippen LogP contribution is -2.17. The standard InChI is InChI=1S/C14H16ClN3/c1-2-18-12(10-15)16-17-13(18)14(8-9-14)11-6-4-3-5-7-11/h3-7H,2,8-10H2,1H3. The second kappa shape index (κ2) is 4.39. The predicted octanol–water partition coefficient (Wildman–Crippen LogP) is 3.12. The van der Waals surface area contributed by atoms with Gasteiger partial charge in [0.1, 0.15) is 11.6 Å². The van der Waals surface area contributed by atoms with Gasteiger partial charge in [-0.2, -0.15) is 0 Å². The summed E-state index contributed by atoms with van der Waals surface area (Å²) in [4.78, 5) is 0. The Morgan fingerprint density at radius 2 is 1.94 bits per heavy atom. The van der Waals surface area contributed by atoms with Gasteiger partial charge in [0.05, 0.1) is 11.3 Å². The first-order valence-electron chi connectivity index (χ1n) is 6.36. The molecule has 0 bridgehead atoms. The Kier molecular flexibility index (Phi) is 2.86. The molecule has 1 aliphatic carbocycles. The van der Waals surface area contributed by atoms with Crippen LogP contribution in [0, 0.1) is 0 Å². The third kappa shape index (κ3) is 1.65. The van der Waals surface area contributed by atoms with Crippen molar-refractivity contribution in [2.75, 3.05) is 0 Å². The van der Waals surface area contributed by atoms with Crippen molar-refractivity contribution in [1.82, 2.24) is 14.8 Å². The van der Waals surface area contributed by atoms with E-state index in [0.717, 1.165) is 31.0 Å². The number of benzene rings is 1. The van der Waals surface area contributed by atoms with E-state index in [1.165, 1.54) is 5.56 Å². The van der Waals surface area contributed by atoms with Crippen molar-refractivity contribution in [3.05, 3.63) is 47.5 Å². The molecule has 1 heterocycles. The van der Waals surface area contributed by atoms with Crippen LogP contribution in [0.25, 0.3) is 0 Å². The molecule has 1 aromatic heterocycles.